The van der Waals surface area contributed by atoms with Crippen LogP contribution in [0.3, 0.4) is 0 Å². The van der Waals surface area contributed by atoms with Gasteiger partial charge in [0.15, 0.2) is 5.96 Å². The zero-order valence-electron chi connectivity index (χ0n) is 15.8. The van der Waals surface area contributed by atoms with E-state index in [1.54, 1.807) is 7.05 Å². The van der Waals surface area contributed by atoms with Gasteiger partial charge in [-0.15, -0.1) is 24.0 Å². The minimum absolute atomic E-state index is 0. The van der Waals surface area contributed by atoms with E-state index in [4.69, 9.17) is 0 Å². The van der Waals surface area contributed by atoms with E-state index >= 15 is 0 Å². The molecule has 0 aliphatic carbocycles. The summed E-state index contributed by atoms with van der Waals surface area (Å²) in [4.78, 5) is 16.0. The summed E-state index contributed by atoms with van der Waals surface area (Å²) in [7, 11) is 1.65. The zero-order valence-corrected chi connectivity index (χ0v) is 18.1. The number of hydrogen-bond donors (Lipinski definition) is 3. The van der Waals surface area contributed by atoms with E-state index in [0.717, 1.165) is 24.4 Å². The first kappa shape index (κ1) is 22.9. The maximum atomic E-state index is 12.8. The molecule has 0 spiro atoms. The van der Waals surface area contributed by atoms with E-state index in [1.165, 1.54) is 24.3 Å². The molecule has 1 aromatic heterocycles. The van der Waals surface area contributed by atoms with Gasteiger partial charge in [-0.25, -0.2) is 4.39 Å². The smallest absolute Gasteiger partial charge is 0.243 e. The standard InChI is InChI=1S/C18H25FN6O.HI/c1-13-11-14(2)25(24-13)10-4-9-21-18(20-3)22-12-17(26)23-16-7-5-15(19)6-8-16;/h5-8,11H,4,9-10,12H2,1-3H3,(H,23,26)(H2,20,21,22);1H. The highest BCUT2D eigenvalue weighted by molar-refractivity contribution is 14.0. The Morgan fingerprint density at radius 2 is 1.93 bits per heavy atom. The number of rotatable bonds is 7. The van der Waals surface area contributed by atoms with Crippen molar-refractivity contribution < 1.29 is 9.18 Å². The SMILES string of the molecule is CN=C(NCCCn1nc(C)cc1C)NCC(=O)Nc1ccc(F)cc1.I. The molecule has 0 aliphatic rings. The number of carbonyl (C=O) groups excluding carboxylic acids is 1. The molecule has 0 aliphatic heterocycles. The van der Waals surface area contributed by atoms with Crippen LogP contribution in [0.2, 0.25) is 0 Å². The Kier molecular flexibility index (Phi) is 9.76. The predicted octanol–water partition coefficient (Wildman–Crippen LogP) is 2.45. The molecule has 148 valence electrons. The Morgan fingerprint density at radius 1 is 1.22 bits per heavy atom. The summed E-state index contributed by atoms with van der Waals surface area (Å²) >= 11 is 0. The van der Waals surface area contributed by atoms with Gasteiger partial charge in [-0.2, -0.15) is 5.10 Å². The maximum Gasteiger partial charge on any atom is 0.243 e. The van der Waals surface area contributed by atoms with Crippen molar-refractivity contribution in [2.75, 3.05) is 25.5 Å². The number of aromatic nitrogens is 2. The number of carbonyl (C=O) groups is 1. The molecule has 0 unspecified atom stereocenters. The summed E-state index contributed by atoms with van der Waals surface area (Å²) in [5.41, 5.74) is 2.70. The van der Waals surface area contributed by atoms with E-state index in [2.05, 4.69) is 26.0 Å². The van der Waals surface area contributed by atoms with Gasteiger partial charge in [0.1, 0.15) is 5.82 Å². The van der Waals surface area contributed by atoms with Gasteiger partial charge in [-0.1, -0.05) is 0 Å². The van der Waals surface area contributed by atoms with E-state index in [0.29, 0.717) is 18.2 Å². The lowest BCUT2D eigenvalue weighted by atomic mass is 10.3. The molecule has 3 N–H and O–H groups in total. The second-order valence-corrected chi connectivity index (χ2v) is 5.91. The topological polar surface area (TPSA) is 83.3 Å². The monoisotopic (exact) mass is 488 g/mol. The normalized spacial score (nSPS) is 10.9. The van der Waals surface area contributed by atoms with Crippen molar-refractivity contribution in [2.24, 2.45) is 4.99 Å². The number of anilines is 1. The highest BCUT2D eigenvalue weighted by Gasteiger charge is 2.05. The number of nitrogens with one attached hydrogen (secondary N) is 3. The van der Waals surface area contributed by atoms with Crippen LogP contribution in [0.1, 0.15) is 17.8 Å². The minimum atomic E-state index is -0.341. The zero-order chi connectivity index (χ0) is 18.9. The largest absolute Gasteiger partial charge is 0.356 e. The Hall–Kier alpha value is -2.17. The van der Waals surface area contributed by atoms with Crippen molar-refractivity contribution in [3.63, 3.8) is 0 Å². The van der Waals surface area contributed by atoms with Crippen LogP contribution in [0.15, 0.2) is 35.3 Å². The van der Waals surface area contributed by atoms with Crippen LogP contribution in [0.25, 0.3) is 0 Å². The lowest BCUT2D eigenvalue weighted by Crippen LogP contribution is -2.41. The molecule has 0 saturated carbocycles. The summed E-state index contributed by atoms with van der Waals surface area (Å²) < 4.78 is 14.8. The highest BCUT2D eigenvalue weighted by atomic mass is 127. The Morgan fingerprint density at radius 3 is 2.52 bits per heavy atom. The fraction of sp³-hybridized carbons (Fsp3) is 0.389. The molecular weight excluding hydrogens is 462 g/mol. The average Bonchev–Trinajstić information content (AvgIpc) is 2.93. The molecule has 0 atom stereocenters. The molecular formula is C18H26FIN6O. The van der Waals surface area contributed by atoms with Gasteiger partial charge < -0.3 is 16.0 Å². The van der Waals surface area contributed by atoms with E-state index in [1.807, 2.05) is 24.6 Å². The van der Waals surface area contributed by atoms with Gasteiger partial charge in [0.2, 0.25) is 5.91 Å². The lowest BCUT2D eigenvalue weighted by Gasteiger charge is -2.12. The maximum absolute atomic E-state index is 12.8. The van der Waals surface area contributed by atoms with Crippen molar-refractivity contribution in [1.29, 1.82) is 0 Å². The average molecular weight is 488 g/mol. The molecule has 9 heteroatoms. The number of hydrogen-bond acceptors (Lipinski definition) is 3. The van der Waals surface area contributed by atoms with Crippen LogP contribution in [0.5, 0.6) is 0 Å². The lowest BCUT2D eigenvalue weighted by molar-refractivity contribution is -0.115. The number of nitrogens with zero attached hydrogens (tertiary/aromatic N) is 3. The second kappa shape index (κ2) is 11.5. The van der Waals surface area contributed by atoms with Crippen LogP contribution in [0.4, 0.5) is 10.1 Å². The third-order valence-electron chi connectivity index (χ3n) is 3.71. The van der Waals surface area contributed by atoms with Crippen molar-refractivity contribution >= 4 is 41.5 Å². The van der Waals surface area contributed by atoms with Gasteiger partial charge in [-0.05, 0) is 50.6 Å². The van der Waals surface area contributed by atoms with Crippen LogP contribution < -0.4 is 16.0 Å². The first-order valence-electron chi connectivity index (χ1n) is 8.49. The van der Waals surface area contributed by atoms with Gasteiger partial charge in [0.25, 0.3) is 0 Å². The summed E-state index contributed by atoms with van der Waals surface area (Å²) in [6.07, 6.45) is 0.879. The number of halogens is 2. The number of guanidine groups is 1. The number of amides is 1. The molecule has 27 heavy (non-hydrogen) atoms. The molecule has 1 heterocycles. The van der Waals surface area contributed by atoms with Crippen molar-refractivity contribution in [1.82, 2.24) is 20.4 Å². The molecule has 2 rings (SSSR count). The van der Waals surface area contributed by atoms with Crippen LogP contribution in [-0.2, 0) is 11.3 Å². The Bertz CT molecular complexity index is 760. The fourth-order valence-electron chi connectivity index (χ4n) is 2.46. The molecule has 0 bridgehead atoms. The second-order valence-electron chi connectivity index (χ2n) is 5.91. The van der Waals surface area contributed by atoms with Crippen molar-refractivity contribution in [3.05, 3.63) is 47.5 Å². The molecule has 0 radical (unpaired) electrons. The van der Waals surface area contributed by atoms with Gasteiger partial charge in [0.05, 0.1) is 12.2 Å². The van der Waals surface area contributed by atoms with Crippen molar-refractivity contribution in [2.45, 2.75) is 26.8 Å². The number of aliphatic imine (C=N–C) groups is 1. The molecule has 7 nitrogen and oxygen atoms in total. The summed E-state index contributed by atoms with van der Waals surface area (Å²) in [5, 5.41) is 13.2. The van der Waals surface area contributed by atoms with Gasteiger partial charge >= 0.3 is 0 Å². The molecule has 1 aromatic carbocycles. The molecule has 1 amide bonds. The number of aryl methyl sites for hydroxylation is 3. The first-order valence-corrected chi connectivity index (χ1v) is 8.49. The third kappa shape index (κ3) is 7.94. The van der Waals surface area contributed by atoms with Gasteiger partial charge in [-0.3, -0.25) is 14.5 Å². The van der Waals surface area contributed by atoms with E-state index in [-0.39, 0.29) is 42.2 Å². The Labute approximate surface area is 175 Å². The third-order valence-corrected chi connectivity index (χ3v) is 3.71. The molecule has 2 aromatic rings. The van der Waals surface area contributed by atoms with Crippen molar-refractivity contribution in [3.8, 4) is 0 Å². The first-order chi connectivity index (χ1) is 12.5. The number of benzene rings is 1. The van der Waals surface area contributed by atoms with Crippen LogP contribution in [-0.4, -0.2) is 41.8 Å². The quantitative estimate of drug-likeness (QED) is 0.242. The molecule has 0 fully saturated rings. The molecule has 0 saturated heterocycles. The summed E-state index contributed by atoms with van der Waals surface area (Å²) in [6.45, 7) is 5.60. The van der Waals surface area contributed by atoms with E-state index in [9.17, 15) is 9.18 Å². The summed E-state index contributed by atoms with van der Waals surface area (Å²) in [5.74, 6) is -0.0268. The highest BCUT2D eigenvalue weighted by Crippen LogP contribution is 2.07. The van der Waals surface area contributed by atoms with Crippen LogP contribution in [0, 0.1) is 19.7 Å². The minimum Gasteiger partial charge on any atom is -0.356 e. The fourth-order valence-corrected chi connectivity index (χ4v) is 2.46. The van der Waals surface area contributed by atoms with E-state index < -0.39 is 0 Å². The Balaban J connectivity index is 0.00000364. The summed E-state index contributed by atoms with van der Waals surface area (Å²) in [6, 6.07) is 7.67. The van der Waals surface area contributed by atoms with Crippen LogP contribution >= 0.6 is 24.0 Å². The van der Waals surface area contributed by atoms with Gasteiger partial charge in [0, 0.05) is 31.5 Å². The predicted molar refractivity (Wildman–Crippen MR) is 116 cm³/mol.